The van der Waals surface area contributed by atoms with Gasteiger partial charge in [0, 0.05) is 6.04 Å². The summed E-state index contributed by atoms with van der Waals surface area (Å²) < 4.78 is 0. The molecule has 0 aromatic heterocycles. The van der Waals surface area contributed by atoms with Gasteiger partial charge in [0.2, 0.25) is 0 Å². The Morgan fingerprint density at radius 3 is 2.05 bits per heavy atom. The van der Waals surface area contributed by atoms with Crippen LogP contribution in [0.15, 0.2) is 0 Å². The summed E-state index contributed by atoms with van der Waals surface area (Å²) in [5, 5.41) is 14.1. The lowest BCUT2D eigenvalue weighted by molar-refractivity contribution is -0.138. The Hall–Kier alpha value is -1.26. The largest absolute Gasteiger partial charge is 0.480 e. The maximum absolute atomic E-state index is 11.8. The summed E-state index contributed by atoms with van der Waals surface area (Å²) in [6, 6.07) is -1.17. The number of hydrogen-bond donors (Lipinski definition) is 3. The first-order chi connectivity index (χ1) is 8.51. The van der Waals surface area contributed by atoms with Gasteiger partial charge in [-0.1, -0.05) is 27.7 Å². The van der Waals surface area contributed by atoms with Crippen LogP contribution in [0.5, 0.6) is 0 Å². The Labute approximate surface area is 115 Å². The predicted octanol–water partition coefficient (Wildman–Crippen LogP) is 2.36. The van der Waals surface area contributed by atoms with Crippen LogP contribution in [0, 0.1) is 10.8 Å². The number of carbonyl (C=O) groups excluding carboxylic acids is 1. The Morgan fingerprint density at radius 2 is 1.63 bits per heavy atom. The Morgan fingerprint density at radius 1 is 1.16 bits per heavy atom. The van der Waals surface area contributed by atoms with Crippen molar-refractivity contribution in [1.82, 2.24) is 10.6 Å². The molecular formula is C14H26N2O3. The van der Waals surface area contributed by atoms with E-state index in [1.807, 2.05) is 0 Å². The minimum atomic E-state index is -1.03. The topological polar surface area (TPSA) is 78.4 Å². The fourth-order valence-corrected chi connectivity index (χ4v) is 3.43. The van der Waals surface area contributed by atoms with Gasteiger partial charge in [-0.2, -0.15) is 0 Å². The minimum Gasteiger partial charge on any atom is -0.480 e. The summed E-state index contributed by atoms with van der Waals surface area (Å²) in [5.74, 6) is -1.03. The fourth-order valence-electron chi connectivity index (χ4n) is 3.43. The van der Waals surface area contributed by atoms with E-state index in [2.05, 4.69) is 38.3 Å². The van der Waals surface area contributed by atoms with E-state index >= 15 is 0 Å². The molecule has 0 spiro atoms. The first-order valence-electron chi connectivity index (χ1n) is 6.81. The second-order valence-electron chi connectivity index (χ2n) is 7.29. The lowest BCUT2D eigenvalue weighted by Gasteiger charge is -2.45. The molecule has 0 saturated heterocycles. The van der Waals surface area contributed by atoms with Crippen molar-refractivity contribution in [3.63, 3.8) is 0 Å². The van der Waals surface area contributed by atoms with Crippen molar-refractivity contribution in [2.75, 3.05) is 0 Å². The van der Waals surface area contributed by atoms with Crippen LogP contribution >= 0.6 is 0 Å². The molecule has 1 rings (SSSR count). The molecule has 3 N–H and O–H groups in total. The first kappa shape index (κ1) is 15.8. The summed E-state index contributed by atoms with van der Waals surface area (Å²) in [5.41, 5.74) is 0.385. The van der Waals surface area contributed by atoms with Gasteiger partial charge >= 0.3 is 12.0 Å². The lowest BCUT2D eigenvalue weighted by atomic mass is 9.63. The third-order valence-electron chi connectivity index (χ3n) is 3.61. The molecular weight excluding hydrogens is 244 g/mol. The van der Waals surface area contributed by atoms with E-state index in [1.165, 1.54) is 6.92 Å². The highest BCUT2D eigenvalue weighted by Gasteiger charge is 2.39. The second-order valence-corrected chi connectivity index (χ2v) is 7.29. The van der Waals surface area contributed by atoms with Crippen LogP contribution in [0.4, 0.5) is 4.79 Å². The maximum Gasteiger partial charge on any atom is 0.325 e. The van der Waals surface area contributed by atoms with Gasteiger partial charge in [-0.05, 0) is 37.0 Å². The quantitative estimate of drug-likeness (QED) is 0.736. The van der Waals surface area contributed by atoms with Gasteiger partial charge < -0.3 is 15.7 Å². The number of carboxylic acids is 1. The summed E-state index contributed by atoms with van der Waals surface area (Å²) in [6.45, 7) is 10.3. The molecule has 1 unspecified atom stereocenters. The predicted molar refractivity (Wildman–Crippen MR) is 74.0 cm³/mol. The lowest BCUT2D eigenvalue weighted by Crippen LogP contribution is -2.51. The molecule has 1 aliphatic rings. The molecule has 110 valence electrons. The van der Waals surface area contributed by atoms with Crippen molar-refractivity contribution in [1.29, 1.82) is 0 Å². The molecule has 0 bridgehead atoms. The SMILES string of the molecule is CC(NC(=O)NC1CC(C)(C)CC(C)(C)C1)C(=O)O. The third kappa shape index (κ3) is 5.09. The zero-order valence-corrected chi connectivity index (χ0v) is 12.5. The van der Waals surface area contributed by atoms with Crippen LogP contribution in [0.3, 0.4) is 0 Å². The number of carbonyl (C=O) groups is 2. The van der Waals surface area contributed by atoms with E-state index in [1.54, 1.807) is 0 Å². The number of aliphatic carboxylic acids is 1. The molecule has 1 aliphatic carbocycles. The van der Waals surface area contributed by atoms with Crippen LogP contribution in [-0.2, 0) is 4.79 Å². The van der Waals surface area contributed by atoms with E-state index in [-0.39, 0.29) is 16.9 Å². The van der Waals surface area contributed by atoms with Crippen LogP contribution in [-0.4, -0.2) is 29.2 Å². The highest BCUT2D eigenvalue weighted by molar-refractivity contribution is 5.82. The van der Waals surface area contributed by atoms with E-state index in [0.717, 1.165) is 19.3 Å². The van der Waals surface area contributed by atoms with Crippen molar-refractivity contribution in [2.24, 2.45) is 10.8 Å². The Kier molecular flexibility index (Phi) is 4.48. The van der Waals surface area contributed by atoms with E-state index in [9.17, 15) is 9.59 Å². The first-order valence-corrected chi connectivity index (χ1v) is 6.81. The number of hydrogen-bond acceptors (Lipinski definition) is 2. The number of rotatable bonds is 3. The van der Waals surface area contributed by atoms with E-state index in [0.29, 0.717) is 0 Å². The minimum absolute atomic E-state index is 0.0970. The van der Waals surface area contributed by atoms with Crippen molar-refractivity contribution < 1.29 is 14.7 Å². The smallest absolute Gasteiger partial charge is 0.325 e. The molecule has 0 heterocycles. The fraction of sp³-hybridized carbons (Fsp3) is 0.857. The van der Waals surface area contributed by atoms with Gasteiger partial charge in [0.15, 0.2) is 0 Å². The molecule has 19 heavy (non-hydrogen) atoms. The highest BCUT2D eigenvalue weighted by atomic mass is 16.4. The zero-order valence-electron chi connectivity index (χ0n) is 12.5. The van der Waals surface area contributed by atoms with Crippen molar-refractivity contribution in [2.45, 2.75) is 66.0 Å². The molecule has 0 aromatic carbocycles. The summed E-state index contributed by atoms with van der Waals surface area (Å²) in [4.78, 5) is 22.5. The second kappa shape index (κ2) is 5.39. The van der Waals surface area contributed by atoms with E-state index < -0.39 is 18.0 Å². The Balaban J connectivity index is 2.57. The molecule has 0 radical (unpaired) electrons. The summed E-state index contributed by atoms with van der Waals surface area (Å²) >= 11 is 0. The van der Waals surface area contributed by atoms with Crippen LogP contribution in [0.1, 0.15) is 53.9 Å². The van der Waals surface area contributed by atoms with Crippen molar-refractivity contribution >= 4 is 12.0 Å². The van der Waals surface area contributed by atoms with Gasteiger partial charge in [0.05, 0.1) is 0 Å². The molecule has 2 amide bonds. The van der Waals surface area contributed by atoms with Crippen LogP contribution in [0.25, 0.3) is 0 Å². The zero-order chi connectivity index (χ0) is 14.8. The summed E-state index contributed by atoms with van der Waals surface area (Å²) in [6.07, 6.45) is 2.97. The molecule has 0 aromatic rings. The molecule has 1 fully saturated rings. The summed E-state index contributed by atoms with van der Waals surface area (Å²) in [7, 11) is 0. The van der Waals surface area contributed by atoms with Crippen molar-refractivity contribution in [3.05, 3.63) is 0 Å². The molecule has 0 aliphatic heterocycles. The number of carboxylic acid groups (broad SMARTS) is 1. The van der Waals surface area contributed by atoms with Crippen LogP contribution in [0.2, 0.25) is 0 Å². The van der Waals surface area contributed by atoms with Gasteiger partial charge in [0.25, 0.3) is 0 Å². The molecule has 1 atom stereocenters. The number of nitrogens with one attached hydrogen (secondary N) is 2. The monoisotopic (exact) mass is 270 g/mol. The Bertz CT molecular complexity index is 348. The average Bonchev–Trinajstić information content (AvgIpc) is 2.10. The van der Waals surface area contributed by atoms with Gasteiger partial charge in [-0.25, -0.2) is 4.79 Å². The average molecular weight is 270 g/mol. The van der Waals surface area contributed by atoms with E-state index in [4.69, 9.17) is 5.11 Å². The highest BCUT2D eigenvalue weighted by Crippen LogP contribution is 2.45. The van der Waals surface area contributed by atoms with Gasteiger partial charge in [-0.15, -0.1) is 0 Å². The molecule has 5 nitrogen and oxygen atoms in total. The number of amides is 2. The third-order valence-corrected chi connectivity index (χ3v) is 3.61. The van der Waals surface area contributed by atoms with Gasteiger partial charge in [0.1, 0.15) is 6.04 Å². The van der Waals surface area contributed by atoms with Crippen molar-refractivity contribution in [3.8, 4) is 0 Å². The maximum atomic E-state index is 11.8. The number of urea groups is 1. The van der Waals surface area contributed by atoms with Crippen LogP contribution < -0.4 is 10.6 Å². The molecule has 5 heteroatoms. The normalized spacial score (nSPS) is 23.4. The van der Waals surface area contributed by atoms with Gasteiger partial charge in [-0.3, -0.25) is 4.79 Å². The molecule has 1 saturated carbocycles. The standard InChI is InChI=1S/C14H26N2O3/c1-9(11(17)18)15-12(19)16-10-6-13(2,3)8-14(4,5)7-10/h9-10H,6-8H2,1-5H3,(H,17,18)(H2,15,16,19).